The normalized spacial score (nSPS) is 23.5. The second-order valence-electron chi connectivity index (χ2n) is 4.82. The maximum Gasteiger partial charge on any atom is 0.0991 e. The summed E-state index contributed by atoms with van der Waals surface area (Å²) in [6.07, 6.45) is 2.28. The number of rotatable bonds is 4. The van der Waals surface area contributed by atoms with Crippen molar-refractivity contribution in [2.24, 2.45) is 0 Å². The number of ether oxygens (including phenoxy) is 1. The van der Waals surface area contributed by atoms with E-state index in [1.54, 1.807) is 0 Å². The Hall–Kier alpha value is -1.37. The van der Waals surface area contributed by atoms with E-state index >= 15 is 0 Å². The molecule has 1 aliphatic rings. The number of hydrogen-bond donors (Lipinski definition) is 1. The summed E-state index contributed by atoms with van der Waals surface area (Å²) < 4.78 is 5.71. The molecule has 1 N–H and O–H groups in total. The molecule has 3 heteroatoms. The van der Waals surface area contributed by atoms with Crippen molar-refractivity contribution in [2.45, 2.75) is 31.9 Å². The molecule has 1 aliphatic heterocycles. The number of nitrogens with zero attached hydrogens (tertiary/aromatic N) is 1. The molecule has 2 rings (SSSR count). The van der Waals surface area contributed by atoms with Crippen LogP contribution in [0.4, 0.5) is 0 Å². The predicted octanol–water partition coefficient (Wildman–Crippen LogP) is 2.22. The molecule has 1 heterocycles. The monoisotopic (exact) mass is 230 g/mol. The number of benzene rings is 1. The van der Waals surface area contributed by atoms with Gasteiger partial charge in [0.25, 0.3) is 0 Å². The fourth-order valence-corrected chi connectivity index (χ4v) is 2.20. The summed E-state index contributed by atoms with van der Waals surface area (Å²) in [4.78, 5) is 0. The largest absolute Gasteiger partial charge is 0.374 e. The van der Waals surface area contributed by atoms with Crippen molar-refractivity contribution in [3.8, 4) is 6.07 Å². The fourth-order valence-electron chi connectivity index (χ4n) is 2.20. The molecule has 0 bridgehead atoms. The van der Waals surface area contributed by atoms with Crippen molar-refractivity contribution in [1.29, 1.82) is 5.26 Å². The minimum atomic E-state index is -0.00710. The molecular formula is C14H18N2O. The first-order chi connectivity index (χ1) is 8.22. The number of hydrogen-bond acceptors (Lipinski definition) is 3. The van der Waals surface area contributed by atoms with E-state index < -0.39 is 0 Å². The van der Waals surface area contributed by atoms with Gasteiger partial charge in [-0.1, -0.05) is 12.1 Å². The van der Waals surface area contributed by atoms with Crippen molar-refractivity contribution in [2.75, 3.05) is 13.2 Å². The molecule has 0 amide bonds. The molecule has 0 aromatic heterocycles. The molecule has 3 nitrogen and oxygen atoms in total. The molecule has 1 unspecified atom stereocenters. The van der Waals surface area contributed by atoms with Gasteiger partial charge in [-0.25, -0.2) is 0 Å². The highest BCUT2D eigenvalue weighted by molar-refractivity contribution is 5.32. The van der Waals surface area contributed by atoms with Crippen molar-refractivity contribution < 1.29 is 4.74 Å². The summed E-state index contributed by atoms with van der Waals surface area (Å²) in [5.74, 6) is 0. The summed E-state index contributed by atoms with van der Waals surface area (Å²) in [7, 11) is 0. The van der Waals surface area contributed by atoms with Gasteiger partial charge >= 0.3 is 0 Å². The van der Waals surface area contributed by atoms with Crippen LogP contribution in [0.15, 0.2) is 24.3 Å². The van der Waals surface area contributed by atoms with Gasteiger partial charge in [0.1, 0.15) is 0 Å². The lowest BCUT2D eigenvalue weighted by atomic mass is 10.0. The Labute approximate surface area is 102 Å². The van der Waals surface area contributed by atoms with Crippen LogP contribution in [0.3, 0.4) is 0 Å². The molecule has 17 heavy (non-hydrogen) atoms. The minimum Gasteiger partial charge on any atom is -0.374 e. The Kier molecular flexibility index (Phi) is 3.78. The van der Waals surface area contributed by atoms with Gasteiger partial charge in [0.15, 0.2) is 0 Å². The van der Waals surface area contributed by atoms with E-state index in [1.165, 1.54) is 0 Å². The van der Waals surface area contributed by atoms with Crippen LogP contribution in [0.5, 0.6) is 0 Å². The van der Waals surface area contributed by atoms with Crippen molar-refractivity contribution in [3.05, 3.63) is 35.4 Å². The van der Waals surface area contributed by atoms with E-state index in [2.05, 4.69) is 18.3 Å². The maximum atomic E-state index is 8.81. The molecule has 1 aromatic carbocycles. The zero-order chi connectivity index (χ0) is 12.1. The summed E-state index contributed by atoms with van der Waals surface area (Å²) in [6, 6.07) is 9.85. The van der Waals surface area contributed by atoms with Crippen LogP contribution in [-0.4, -0.2) is 18.8 Å². The Bertz CT molecular complexity index is 416. The number of nitrogens with one attached hydrogen (secondary N) is 1. The minimum absolute atomic E-state index is 0.00710. The van der Waals surface area contributed by atoms with Crippen LogP contribution < -0.4 is 5.32 Å². The first-order valence-corrected chi connectivity index (χ1v) is 6.06. The van der Waals surface area contributed by atoms with Gasteiger partial charge in [-0.2, -0.15) is 5.26 Å². The molecule has 0 saturated carbocycles. The Morgan fingerprint density at radius 2 is 2.41 bits per heavy atom. The van der Waals surface area contributed by atoms with Crippen molar-refractivity contribution in [3.63, 3.8) is 0 Å². The standard InChI is InChI=1S/C14H18N2O/c1-14(6-3-7-17-14)11-16-10-13-5-2-4-12(8-13)9-15/h2,4-5,8,16H,3,6-7,10-11H2,1H3. The average Bonchev–Trinajstić information content (AvgIpc) is 2.77. The van der Waals surface area contributed by atoms with Crippen LogP contribution in [0.2, 0.25) is 0 Å². The lowest BCUT2D eigenvalue weighted by molar-refractivity contribution is 0.0207. The fraction of sp³-hybridized carbons (Fsp3) is 0.500. The molecular weight excluding hydrogens is 212 g/mol. The molecule has 0 radical (unpaired) electrons. The van der Waals surface area contributed by atoms with Gasteiger partial charge in [0, 0.05) is 19.7 Å². The molecule has 90 valence electrons. The van der Waals surface area contributed by atoms with Crippen molar-refractivity contribution >= 4 is 0 Å². The van der Waals surface area contributed by atoms with E-state index in [1.807, 2.05) is 24.3 Å². The summed E-state index contributed by atoms with van der Waals surface area (Å²) >= 11 is 0. The highest BCUT2D eigenvalue weighted by Crippen LogP contribution is 2.23. The van der Waals surface area contributed by atoms with Crippen LogP contribution >= 0.6 is 0 Å². The van der Waals surface area contributed by atoms with Gasteiger partial charge in [-0.3, -0.25) is 0 Å². The van der Waals surface area contributed by atoms with E-state index in [9.17, 15) is 0 Å². The third-order valence-electron chi connectivity index (χ3n) is 3.18. The maximum absolute atomic E-state index is 8.81. The molecule has 1 fully saturated rings. The Morgan fingerprint density at radius 3 is 3.12 bits per heavy atom. The summed E-state index contributed by atoms with van der Waals surface area (Å²) in [6.45, 7) is 4.68. The smallest absolute Gasteiger partial charge is 0.0991 e. The third kappa shape index (κ3) is 3.29. The van der Waals surface area contributed by atoms with Crippen LogP contribution in [0.1, 0.15) is 30.9 Å². The SMILES string of the molecule is CC1(CNCc2cccc(C#N)c2)CCCO1. The Morgan fingerprint density at radius 1 is 1.53 bits per heavy atom. The molecule has 1 aromatic rings. The van der Waals surface area contributed by atoms with Gasteiger partial charge in [-0.15, -0.1) is 0 Å². The quantitative estimate of drug-likeness (QED) is 0.862. The molecule has 1 saturated heterocycles. The first-order valence-electron chi connectivity index (χ1n) is 6.06. The third-order valence-corrected chi connectivity index (χ3v) is 3.18. The average molecular weight is 230 g/mol. The second-order valence-corrected chi connectivity index (χ2v) is 4.82. The summed E-state index contributed by atoms with van der Waals surface area (Å²) in [5, 5.41) is 12.2. The van der Waals surface area contributed by atoms with Crippen LogP contribution in [-0.2, 0) is 11.3 Å². The zero-order valence-corrected chi connectivity index (χ0v) is 10.2. The lowest BCUT2D eigenvalue weighted by Gasteiger charge is -2.23. The van der Waals surface area contributed by atoms with Crippen molar-refractivity contribution in [1.82, 2.24) is 5.32 Å². The van der Waals surface area contributed by atoms with Gasteiger partial charge in [0.05, 0.1) is 17.2 Å². The number of nitriles is 1. The van der Waals surface area contributed by atoms with E-state index in [0.717, 1.165) is 38.1 Å². The zero-order valence-electron chi connectivity index (χ0n) is 10.2. The molecule has 1 atom stereocenters. The first kappa shape index (κ1) is 12.1. The highest BCUT2D eigenvalue weighted by Gasteiger charge is 2.28. The lowest BCUT2D eigenvalue weighted by Crippen LogP contribution is -2.36. The summed E-state index contributed by atoms with van der Waals surface area (Å²) in [5.41, 5.74) is 1.85. The van der Waals surface area contributed by atoms with Crippen LogP contribution in [0.25, 0.3) is 0 Å². The van der Waals surface area contributed by atoms with Gasteiger partial charge < -0.3 is 10.1 Å². The second kappa shape index (κ2) is 5.31. The van der Waals surface area contributed by atoms with E-state index in [0.29, 0.717) is 5.56 Å². The van der Waals surface area contributed by atoms with Gasteiger partial charge in [0.2, 0.25) is 0 Å². The van der Waals surface area contributed by atoms with E-state index in [-0.39, 0.29) is 5.60 Å². The van der Waals surface area contributed by atoms with Crippen LogP contribution in [0, 0.1) is 11.3 Å². The Balaban J connectivity index is 1.83. The predicted molar refractivity (Wildman–Crippen MR) is 66.5 cm³/mol. The van der Waals surface area contributed by atoms with Gasteiger partial charge in [-0.05, 0) is 37.5 Å². The topological polar surface area (TPSA) is 45.0 Å². The molecule has 0 aliphatic carbocycles. The highest BCUT2D eigenvalue weighted by atomic mass is 16.5. The molecule has 0 spiro atoms. The van der Waals surface area contributed by atoms with E-state index in [4.69, 9.17) is 10.00 Å².